The van der Waals surface area contributed by atoms with Crippen molar-refractivity contribution in [3.05, 3.63) is 169 Å². The van der Waals surface area contributed by atoms with E-state index in [1.54, 1.807) is 0 Å². The third-order valence-electron chi connectivity index (χ3n) is 7.71. The molecule has 8 aliphatic rings. The summed E-state index contributed by atoms with van der Waals surface area (Å²) in [4.78, 5) is 0. The van der Waals surface area contributed by atoms with Gasteiger partial charge in [-0.05, 0) is 28.3 Å². The van der Waals surface area contributed by atoms with Crippen molar-refractivity contribution in [1.82, 2.24) is 0 Å². The van der Waals surface area contributed by atoms with Crippen LogP contribution in [0, 0.1) is 0 Å². The van der Waals surface area contributed by atoms with Crippen molar-refractivity contribution >= 4 is 0 Å². The van der Waals surface area contributed by atoms with Crippen LogP contribution in [-0.2, 0) is 26.2 Å². The lowest BCUT2D eigenvalue weighted by molar-refractivity contribution is -0.689. The van der Waals surface area contributed by atoms with Crippen molar-refractivity contribution in [2.45, 2.75) is 26.2 Å². The third kappa shape index (κ3) is 5.43. The molecule has 0 fully saturated rings. The summed E-state index contributed by atoms with van der Waals surface area (Å²) >= 11 is 0. The molecule has 6 aromatic rings. The lowest BCUT2D eigenvalue weighted by atomic mass is 10.1. The van der Waals surface area contributed by atoms with Crippen molar-refractivity contribution in [3.63, 3.8) is 0 Å². The van der Waals surface area contributed by atoms with E-state index in [1.165, 1.54) is 44.5 Å². The molecule has 0 unspecified atom stereocenters. The van der Waals surface area contributed by atoms with E-state index in [0.29, 0.717) is 0 Å². The summed E-state index contributed by atoms with van der Waals surface area (Å²) in [6.07, 6.45) is 17.4. The average Bonchev–Trinajstić information content (AvgIpc) is 3.00. The summed E-state index contributed by atoms with van der Waals surface area (Å²) in [5, 5.41) is 0. The smallest absolute Gasteiger partial charge is 0.173 e. The van der Waals surface area contributed by atoms with Crippen LogP contribution in [-0.4, -0.2) is 0 Å². The molecule has 0 N–H and O–H groups in total. The molecule has 192 valence electrons. The van der Waals surface area contributed by atoms with Gasteiger partial charge in [-0.15, -0.1) is 0 Å². The summed E-state index contributed by atoms with van der Waals surface area (Å²) in [6.45, 7) is 3.40. The molecular weight excluding hydrogens is 488 g/mol. The second kappa shape index (κ2) is 10.7. The maximum atomic E-state index is 2.31. The Morgan fingerprint density at radius 1 is 0.300 bits per heavy atom. The zero-order valence-electron chi connectivity index (χ0n) is 22.5. The van der Waals surface area contributed by atoms with Gasteiger partial charge in [0, 0.05) is 70.8 Å². The fraction of sp³-hybridized carbons (Fsp3) is 0.111. The molecule has 4 nitrogen and oxygen atoms in total. The molecule has 0 saturated carbocycles. The average molecular weight is 521 g/mol. The van der Waals surface area contributed by atoms with E-state index in [0.717, 1.165) is 26.2 Å². The maximum Gasteiger partial charge on any atom is 0.173 e. The molecule has 4 heteroatoms. The first-order valence-corrected chi connectivity index (χ1v) is 13.9. The standard InChI is InChI=1S/C36H32N4/c1-2-31-24-32(3-1)28-40-22-14-36(15-23-40)34-10-18-38(19-11-34)26-30-6-4-29(5-7-30)25-37-16-8-33(9-17-37)35-12-20-39(27-31)21-13-35/h1-24H,25-28H2/q+4. The molecule has 12 bridgehead atoms. The quantitative estimate of drug-likeness (QED) is 0.258. The van der Waals surface area contributed by atoms with Crippen molar-refractivity contribution in [1.29, 1.82) is 0 Å². The van der Waals surface area contributed by atoms with Crippen LogP contribution in [0.4, 0.5) is 0 Å². The molecule has 2 aromatic carbocycles. The van der Waals surface area contributed by atoms with Gasteiger partial charge in [0.1, 0.15) is 0 Å². The van der Waals surface area contributed by atoms with E-state index >= 15 is 0 Å². The first-order valence-electron chi connectivity index (χ1n) is 13.9. The van der Waals surface area contributed by atoms with E-state index in [4.69, 9.17) is 0 Å². The van der Waals surface area contributed by atoms with Gasteiger partial charge < -0.3 is 0 Å². The van der Waals surface area contributed by atoms with Gasteiger partial charge in [-0.1, -0.05) is 42.5 Å². The maximum absolute atomic E-state index is 2.31. The Kier molecular flexibility index (Phi) is 6.42. The Bertz CT molecular complexity index is 1610. The van der Waals surface area contributed by atoms with Crippen LogP contribution in [0.3, 0.4) is 0 Å². The molecule has 40 heavy (non-hydrogen) atoms. The predicted molar refractivity (Wildman–Crippen MR) is 154 cm³/mol. The summed E-state index contributed by atoms with van der Waals surface area (Å²) in [6, 6.07) is 35.5. The number of rotatable bonds is 0. The second-order valence-corrected chi connectivity index (χ2v) is 10.7. The normalized spacial score (nSPS) is 12.6. The highest BCUT2D eigenvalue weighted by molar-refractivity contribution is 5.61. The second-order valence-electron chi connectivity index (χ2n) is 10.7. The van der Waals surface area contributed by atoms with Crippen LogP contribution in [0.15, 0.2) is 147 Å². The molecule has 0 amide bonds. The Morgan fingerprint density at radius 2 is 0.575 bits per heavy atom. The Balaban J connectivity index is 1.22. The molecule has 14 rings (SSSR count). The summed E-state index contributed by atoms with van der Waals surface area (Å²) < 4.78 is 8.96. The van der Waals surface area contributed by atoms with Crippen LogP contribution >= 0.6 is 0 Å². The number of hydrogen-bond donors (Lipinski definition) is 0. The van der Waals surface area contributed by atoms with Gasteiger partial charge in [0.25, 0.3) is 0 Å². The largest absolute Gasteiger partial charge is 0.201 e. The van der Waals surface area contributed by atoms with Crippen LogP contribution < -0.4 is 18.3 Å². The Hall–Kier alpha value is -4.96. The van der Waals surface area contributed by atoms with E-state index in [1.807, 2.05) is 0 Å². The number of hydrogen-bond acceptors (Lipinski definition) is 0. The van der Waals surface area contributed by atoms with Gasteiger partial charge in [0.15, 0.2) is 75.8 Å². The minimum Gasteiger partial charge on any atom is -0.201 e. The number of aromatic nitrogens is 4. The van der Waals surface area contributed by atoms with Gasteiger partial charge in [-0.25, -0.2) is 18.3 Å². The van der Waals surface area contributed by atoms with Crippen LogP contribution in [0.25, 0.3) is 22.3 Å². The van der Waals surface area contributed by atoms with Crippen LogP contribution in [0.2, 0.25) is 0 Å². The molecule has 12 heterocycles. The molecule has 4 aromatic heterocycles. The number of pyridine rings is 4. The van der Waals surface area contributed by atoms with E-state index < -0.39 is 0 Å². The zero-order valence-corrected chi connectivity index (χ0v) is 22.5. The molecular formula is C36H32N4+4. The third-order valence-corrected chi connectivity index (χ3v) is 7.71. The van der Waals surface area contributed by atoms with E-state index in [2.05, 4.69) is 165 Å². The molecule has 0 aliphatic carbocycles. The summed E-state index contributed by atoms with van der Waals surface area (Å²) in [7, 11) is 0. The van der Waals surface area contributed by atoms with Crippen LogP contribution in [0.5, 0.6) is 0 Å². The van der Waals surface area contributed by atoms with E-state index in [-0.39, 0.29) is 0 Å². The first-order chi connectivity index (χ1) is 19.7. The van der Waals surface area contributed by atoms with Gasteiger partial charge >= 0.3 is 0 Å². The first kappa shape index (κ1) is 24.1. The van der Waals surface area contributed by atoms with Crippen molar-refractivity contribution in [2.75, 3.05) is 0 Å². The van der Waals surface area contributed by atoms with Crippen molar-refractivity contribution < 1.29 is 18.3 Å². The molecule has 0 saturated heterocycles. The van der Waals surface area contributed by atoms with E-state index in [9.17, 15) is 0 Å². The highest BCUT2D eigenvalue weighted by Crippen LogP contribution is 2.18. The Morgan fingerprint density at radius 3 is 0.875 bits per heavy atom. The SMILES string of the molecule is c1cc2cc(c1)C[n+]1ccc(cc1)-c1cc[n+](cc1)Cc1ccc(cc1)C[n+]1ccc(cc1)-c1cc[n+](cc1)C2. The minimum atomic E-state index is 0.847. The van der Waals surface area contributed by atoms with Gasteiger partial charge in [-0.3, -0.25) is 0 Å². The molecule has 8 aliphatic heterocycles. The monoisotopic (exact) mass is 520 g/mol. The van der Waals surface area contributed by atoms with Gasteiger partial charge in [0.2, 0.25) is 0 Å². The fourth-order valence-electron chi connectivity index (χ4n) is 5.44. The zero-order chi connectivity index (χ0) is 26.7. The molecule has 0 atom stereocenters. The highest BCUT2D eigenvalue weighted by atomic mass is 14.9. The fourth-order valence-corrected chi connectivity index (χ4v) is 5.44. The Labute approximate surface area is 235 Å². The lowest BCUT2D eigenvalue weighted by Crippen LogP contribution is -2.34. The van der Waals surface area contributed by atoms with Gasteiger partial charge in [0.05, 0.1) is 0 Å². The topological polar surface area (TPSA) is 15.5 Å². The van der Waals surface area contributed by atoms with Crippen LogP contribution in [0.1, 0.15) is 22.3 Å². The number of fused-ring (bicyclic) bond motifs is 1. The summed E-state index contributed by atoms with van der Waals surface area (Å²) in [5.41, 5.74) is 10.1. The highest BCUT2D eigenvalue weighted by Gasteiger charge is 2.11. The lowest BCUT2D eigenvalue weighted by Gasteiger charge is -2.04. The summed E-state index contributed by atoms with van der Waals surface area (Å²) in [5.74, 6) is 0. The molecule has 0 radical (unpaired) electrons. The van der Waals surface area contributed by atoms with Gasteiger partial charge in [-0.2, -0.15) is 0 Å². The molecule has 0 spiro atoms. The van der Waals surface area contributed by atoms with Crippen molar-refractivity contribution in [2.24, 2.45) is 0 Å². The minimum absolute atomic E-state index is 0.847. The number of benzene rings is 2. The number of nitrogens with zero attached hydrogens (tertiary/aromatic N) is 4. The van der Waals surface area contributed by atoms with Crippen molar-refractivity contribution in [3.8, 4) is 22.3 Å². The predicted octanol–water partition coefficient (Wildman–Crippen LogP) is 4.68.